The first-order valence-corrected chi connectivity index (χ1v) is 8.48. The first-order chi connectivity index (χ1) is 10.2. The SMILES string of the molecule is Fc1ccc(-c2nn3c(-c4ccsc4)nnc3s2)cc1Br. The minimum absolute atomic E-state index is 0.291. The Balaban J connectivity index is 1.86. The lowest BCUT2D eigenvalue weighted by molar-refractivity contribution is 0.621. The Kier molecular flexibility index (Phi) is 3.09. The molecule has 104 valence electrons. The van der Waals surface area contributed by atoms with Gasteiger partial charge in [0.05, 0.1) is 4.47 Å². The van der Waals surface area contributed by atoms with Crippen LogP contribution in [-0.4, -0.2) is 19.8 Å². The van der Waals surface area contributed by atoms with E-state index in [1.807, 2.05) is 16.8 Å². The standard InChI is InChI=1S/C13H6BrFN4S2/c14-9-5-7(1-2-10(9)15)12-18-19-11(8-3-4-20-6-8)16-17-13(19)21-12/h1-6H. The zero-order valence-electron chi connectivity index (χ0n) is 10.3. The maximum absolute atomic E-state index is 13.3. The zero-order chi connectivity index (χ0) is 14.4. The molecule has 0 aliphatic heterocycles. The monoisotopic (exact) mass is 380 g/mol. The molecule has 0 atom stereocenters. The van der Waals surface area contributed by atoms with Gasteiger partial charge in [-0.2, -0.15) is 21.0 Å². The molecule has 4 nitrogen and oxygen atoms in total. The fourth-order valence-electron chi connectivity index (χ4n) is 1.93. The summed E-state index contributed by atoms with van der Waals surface area (Å²) >= 11 is 6.21. The smallest absolute Gasteiger partial charge is 0.206 e. The largest absolute Gasteiger partial charge is 0.235 e. The van der Waals surface area contributed by atoms with Crippen molar-refractivity contribution in [2.75, 3.05) is 0 Å². The van der Waals surface area contributed by atoms with Crippen LogP contribution in [0.5, 0.6) is 0 Å². The molecule has 0 amide bonds. The summed E-state index contributed by atoms with van der Waals surface area (Å²) in [4.78, 5) is 0.714. The van der Waals surface area contributed by atoms with Crippen molar-refractivity contribution < 1.29 is 4.39 Å². The number of rotatable bonds is 2. The van der Waals surface area contributed by atoms with Crippen LogP contribution < -0.4 is 0 Å². The molecule has 0 bridgehead atoms. The van der Waals surface area contributed by atoms with Gasteiger partial charge in [0.1, 0.15) is 10.8 Å². The van der Waals surface area contributed by atoms with Crippen LogP contribution in [0.25, 0.3) is 26.9 Å². The molecule has 0 aliphatic rings. The summed E-state index contributed by atoms with van der Waals surface area (Å²) in [6.07, 6.45) is 0. The summed E-state index contributed by atoms with van der Waals surface area (Å²) in [5, 5.41) is 17.6. The number of nitrogens with zero attached hydrogens (tertiary/aromatic N) is 4. The summed E-state index contributed by atoms with van der Waals surface area (Å²) in [5.74, 6) is 0.427. The first-order valence-electron chi connectivity index (χ1n) is 5.92. The second-order valence-corrected chi connectivity index (χ2v) is 6.86. The molecule has 0 fully saturated rings. The maximum Gasteiger partial charge on any atom is 0.235 e. The number of thiophene rings is 1. The molecule has 0 unspecified atom stereocenters. The van der Waals surface area contributed by atoms with Gasteiger partial charge in [0.25, 0.3) is 0 Å². The van der Waals surface area contributed by atoms with Crippen molar-refractivity contribution >= 4 is 43.6 Å². The van der Waals surface area contributed by atoms with Crippen molar-refractivity contribution in [3.8, 4) is 22.0 Å². The number of aromatic nitrogens is 4. The van der Waals surface area contributed by atoms with Crippen LogP contribution in [0.3, 0.4) is 0 Å². The molecule has 0 spiro atoms. The van der Waals surface area contributed by atoms with E-state index in [1.165, 1.54) is 17.4 Å². The third-order valence-corrected chi connectivity index (χ3v) is 5.18. The lowest BCUT2D eigenvalue weighted by Gasteiger charge is -1.98. The van der Waals surface area contributed by atoms with Gasteiger partial charge in [-0.05, 0) is 45.6 Å². The Bertz CT molecular complexity index is 929. The number of hydrogen-bond donors (Lipinski definition) is 0. The van der Waals surface area contributed by atoms with Gasteiger partial charge in [-0.25, -0.2) is 4.39 Å². The van der Waals surface area contributed by atoms with E-state index in [0.29, 0.717) is 9.43 Å². The normalized spacial score (nSPS) is 11.3. The minimum Gasteiger partial charge on any atom is -0.206 e. The van der Waals surface area contributed by atoms with Crippen LogP contribution in [0.15, 0.2) is 39.5 Å². The van der Waals surface area contributed by atoms with Gasteiger partial charge >= 0.3 is 0 Å². The third kappa shape index (κ3) is 2.19. The van der Waals surface area contributed by atoms with E-state index < -0.39 is 0 Å². The fraction of sp³-hybridized carbons (Fsp3) is 0. The Morgan fingerprint density at radius 2 is 2.05 bits per heavy atom. The van der Waals surface area contributed by atoms with Crippen molar-refractivity contribution in [1.29, 1.82) is 0 Å². The van der Waals surface area contributed by atoms with Crippen LogP contribution in [0.4, 0.5) is 4.39 Å². The predicted molar refractivity (Wildman–Crippen MR) is 85.1 cm³/mol. The fourth-order valence-corrected chi connectivity index (χ4v) is 3.78. The van der Waals surface area contributed by atoms with Crippen LogP contribution in [0, 0.1) is 5.82 Å². The highest BCUT2D eigenvalue weighted by molar-refractivity contribution is 9.10. The third-order valence-electron chi connectivity index (χ3n) is 2.94. The Morgan fingerprint density at radius 1 is 1.14 bits per heavy atom. The van der Waals surface area contributed by atoms with E-state index in [2.05, 4.69) is 31.2 Å². The summed E-state index contributed by atoms with van der Waals surface area (Å²) in [7, 11) is 0. The van der Waals surface area contributed by atoms with E-state index >= 15 is 0 Å². The summed E-state index contributed by atoms with van der Waals surface area (Å²) in [5.41, 5.74) is 1.83. The molecule has 0 aliphatic carbocycles. The van der Waals surface area contributed by atoms with Crippen molar-refractivity contribution in [3.63, 3.8) is 0 Å². The zero-order valence-corrected chi connectivity index (χ0v) is 13.5. The molecule has 21 heavy (non-hydrogen) atoms. The van der Waals surface area contributed by atoms with Crippen molar-refractivity contribution in [1.82, 2.24) is 19.8 Å². The second kappa shape index (κ2) is 4.97. The molecule has 0 saturated carbocycles. The van der Waals surface area contributed by atoms with Crippen LogP contribution in [0.2, 0.25) is 0 Å². The van der Waals surface area contributed by atoms with Gasteiger partial charge in [-0.3, -0.25) is 0 Å². The van der Waals surface area contributed by atoms with E-state index in [-0.39, 0.29) is 5.82 Å². The average molecular weight is 381 g/mol. The summed E-state index contributed by atoms with van der Waals surface area (Å²) in [6, 6.07) is 6.82. The van der Waals surface area contributed by atoms with Gasteiger partial charge in [-0.15, -0.1) is 10.2 Å². The molecule has 4 rings (SSSR count). The first kappa shape index (κ1) is 13.1. The summed E-state index contributed by atoms with van der Waals surface area (Å²) in [6.45, 7) is 0. The quantitative estimate of drug-likeness (QED) is 0.514. The topological polar surface area (TPSA) is 43.1 Å². The maximum atomic E-state index is 13.3. The van der Waals surface area contributed by atoms with Gasteiger partial charge < -0.3 is 0 Å². The molecule has 8 heteroatoms. The summed E-state index contributed by atoms with van der Waals surface area (Å²) < 4.78 is 15.5. The molecule has 0 N–H and O–H groups in total. The van der Waals surface area contributed by atoms with Crippen LogP contribution in [-0.2, 0) is 0 Å². The van der Waals surface area contributed by atoms with E-state index in [1.54, 1.807) is 28.0 Å². The number of fused-ring (bicyclic) bond motifs is 1. The molecule has 1 aromatic carbocycles. The van der Waals surface area contributed by atoms with Gasteiger partial charge in [-0.1, -0.05) is 11.3 Å². The number of hydrogen-bond acceptors (Lipinski definition) is 5. The predicted octanol–water partition coefficient (Wildman–Crippen LogP) is 4.48. The van der Waals surface area contributed by atoms with Gasteiger partial charge in [0.2, 0.25) is 4.96 Å². The molecule has 0 saturated heterocycles. The number of halogens is 2. The highest BCUT2D eigenvalue weighted by Crippen LogP contribution is 2.30. The minimum atomic E-state index is -0.291. The molecular formula is C13H6BrFN4S2. The van der Waals surface area contributed by atoms with Crippen molar-refractivity contribution in [3.05, 3.63) is 45.3 Å². The van der Waals surface area contributed by atoms with Crippen LogP contribution >= 0.6 is 38.6 Å². The van der Waals surface area contributed by atoms with Crippen molar-refractivity contribution in [2.24, 2.45) is 0 Å². The number of benzene rings is 1. The lowest BCUT2D eigenvalue weighted by atomic mass is 10.2. The highest BCUT2D eigenvalue weighted by Gasteiger charge is 2.15. The van der Waals surface area contributed by atoms with Crippen molar-refractivity contribution in [2.45, 2.75) is 0 Å². The van der Waals surface area contributed by atoms with E-state index in [4.69, 9.17) is 0 Å². The lowest BCUT2D eigenvalue weighted by Crippen LogP contribution is -1.89. The second-order valence-electron chi connectivity index (χ2n) is 4.27. The molecule has 0 radical (unpaired) electrons. The molecular weight excluding hydrogens is 375 g/mol. The molecule has 3 heterocycles. The average Bonchev–Trinajstić information content (AvgIpc) is 3.16. The Morgan fingerprint density at radius 3 is 2.81 bits per heavy atom. The van der Waals surface area contributed by atoms with E-state index in [9.17, 15) is 4.39 Å². The molecule has 4 aromatic rings. The van der Waals surface area contributed by atoms with E-state index in [0.717, 1.165) is 22.0 Å². The molecule has 3 aromatic heterocycles. The Hall–Kier alpha value is -1.64. The Labute approximate surface area is 135 Å². The van der Waals surface area contributed by atoms with Crippen LogP contribution in [0.1, 0.15) is 0 Å². The van der Waals surface area contributed by atoms with Gasteiger partial charge in [0, 0.05) is 16.5 Å². The highest BCUT2D eigenvalue weighted by atomic mass is 79.9. The van der Waals surface area contributed by atoms with Gasteiger partial charge in [0.15, 0.2) is 5.82 Å².